The molecule has 0 radical (unpaired) electrons. The molecule has 94 valence electrons. The highest BCUT2D eigenvalue weighted by Gasteiger charge is 2.15. The van der Waals surface area contributed by atoms with Crippen molar-refractivity contribution in [2.45, 2.75) is 6.92 Å². The third-order valence-electron chi connectivity index (χ3n) is 2.21. The van der Waals surface area contributed by atoms with E-state index < -0.39 is 17.5 Å². The van der Waals surface area contributed by atoms with Crippen LogP contribution in [-0.2, 0) is 0 Å². The number of halogens is 3. The quantitative estimate of drug-likeness (QED) is 0.851. The lowest BCUT2D eigenvalue weighted by Gasteiger charge is -2.06. The van der Waals surface area contributed by atoms with Crippen LogP contribution in [0.4, 0.5) is 14.5 Å². The Morgan fingerprint density at radius 3 is 2.72 bits per heavy atom. The lowest BCUT2D eigenvalue weighted by molar-refractivity contribution is 0.102. The maximum absolute atomic E-state index is 13.5. The third kappa shape index (κ3) is 2.56. The molecule has 2 rings (SSSR count). The molecular weight excluding hydrogens is 326 g/mol. The van der Waals surface area contributed by atoms with Gasteiger partial charge in [-0.3, -0.25) is 4.79 Å². The highest BCUT2D eigenvalue weighted by Crippen LogP contribution is 2.24. The molecule has 0 saturated carbocycles. The Morgan fingerprint density at radius 1 is 1.39 bits per heavy atom. The summed E-state index contributed by atoms with van der Waals surface area (Å²) in [5, 5.41) is 2.32. The average Bonchev–Trinajstić information content (AvgIpc) is 2.72. The van der Waals surface area contributed by atoms with Crippen LogP contribution in [0.25, 0.3) is 0 Å². The van der Waals surface area contributed by atoms with E-state index in [0.29, 0.717) is 10.6 Å². The highest BCUT2D eigenvalue weighted by atomic mass is 79.9. The molecule has 1 N–H and O–H groups in total. The summed E-state index contributed by atoms with van der Waals surface area (Å²) in [7, 11) is 0. The molecule has 0 aliphatic rings. The van der Waals surface area contributed by atoms with Gasteiger partial charge in [0.2, 0.25) is 0 Å². The average molecular weight is 333 g/mol. The van der Waals surface area contributed by atoms with Crippen LogP contribution in [0.15, 0.2) is 22.1 Å². The number of benzene rings is 1. The minimum atomic E-state index is -0.709. The standard InChI is InChI=1S/C11H7BrF2N2OS/c1-5-10(18-4-15-5)11(17)16-9-3-7(13)6(12)2-8(9)14/h2-4H,1H3,(H,16,17). The van der Waals surface area contributed by atoms with E-state index in [0.717, 1.165) is 23.5 Å². The van der Waals surface area contributed by atoms with Gasteiger partial charge in [-0.1, -0.05) is 0 Å². The molecule has 1 aromatic heterocycles. The minimum Gasteiger partial charge on any atom is -0.319 e. The van der Waals surface area contributed by atoms with Gasteiger partial charge in [-0.2, -0.15) is 0 Å². The molecule has 0 bridgehead atoms. The molecule has 7 heteroatoms. The van der Waals surface area contributed by atoms with Crippen LogP contribution in [0.3, 0.4) is 0 Å². The first-order chi connectivity index (χ1) is 8.49. The Balaban J connectivity index is 2.28. The lowest BCUT2D eigenvalue weighted by atomic mass is 10.3. The number of anilines is 1. The molecule has 1 heterocycles. The zero-order valence-corrected chi connectivity index (χ0v) is 11.5. The minimum absolute atomic E-state index is 0.00645. The zero-order valence-electron chi connectivity index (χ0n) is 9.13. The van der Waals surface area contributed by atoms with Gasteiger partial charge in [0.05, 0.1) is 21.4 Å². The van der Waals surface area contributed by atoms with Gasteiger partial charge >= 0.3 is 0 Å². The number of nitrogens with one attached hydrogen (secondary N) is 1. The van der Waals surface area contributed by atoms with Crippen LogP contribution < -0.4 is 5.32 Å². The number of hydrogen-bond donors (Lipinski definition) is 1. The first-order valence-electron chi connectivity index (χ1n) is 4.85. The second-order valence-electron chi connectivity index (χ2n) is 3.47. The van der Waals surface area contributed by atoms with Gasteiger partial charge in [0.15, 0.2) is 0 Å². The number of carbonyl (C=O) groups is 1. The molecule has 0 fully saturated rings. The third-order valence-corrected chi connectivity index (χ3v) is 3.74. The number of hydrogen-bond acceptors (Lipinski definition) is 3. The van der Waals surface area contributed by atoms with Crippen molar-refractivity contribution in [2.24, 2.45) is 0 Å². The van der Waals surface area contributed by atoms with E-state index in [2.05, 4.69) is 26.2 Å². The molecule has 3 nitrogen and oxygen atoms in total. The molecule has 0 unspecified atom stereocenters. The van der Waals surface area contributed by atoms with Crippen LogP contribution in [0.2, 0.25) is 0 Å². The summed E-state index contributed by atoms with van der Waals surface area (Å²) in [6, 6.07) is 1.89. The molecule has 0 aliphatic carbocycles. The molecular formula is C11H7BrF2N2OS. The number of aryl methyl sites for hydroxylation is 1. The van der Waals surface area contributed by atoms with E-state index in [-0.39, 0.29) is 10.2 Å². The van der Waals surface area contributed by atoms with Crippen molar-refractivity contribution in [3.63, 3.8) is 0 Å². The molecule has 0 saturated heterocycles. The number of carbonyl (C=O) groups excluding carboxylic acids is 1. The number of nitrogens with zero attached hydrogens (tertiary/aromatic N) is 1. The molecule has 1 amide bonds. The van der Waals surface area contributed by atoms with Crippen molar-refractivity contribution >= 4 is 38.9 Å². The molecule has 18 heavy (non-hydrogen) atoms. The Kier molecular flexibility index (Phi) is 3.72. The van der Waals surface area contributed by atoms with Gasteiger partial charge in [0.1, 0.15) is 16.5 Å². The summed E-state index contributed by atoms with van der Waals surface area (Å²) in [6.07, 6.45) is 0. The summed E-state index contributed by atoms with van der Waals surface area (Å²) >= 11 is 4.00. The van der Waals surface area contributed by atoms with Crippen LogP contribution in [0, 0.1) is 18.6 Å². The monoisotopic (exact) mass is 332 g/mol. The van der Waals surface area contributed by atoms with E-state index in [1.54, 1.807) is 6.92 Å². The highest BCUT2D eigenvalue weighted by molar-refractivity contribution is 9.10. The van der Waals surface area contributed by atoms with Gasteiger partial charge < -0.3 is 5.32 Å². The first-order valence-corrected chi connectivity index (χ1v) is 6.52. The maximum Gasteiger partial charge on any atom is 0.267 e. The summed E-state index contributed by atoms with van der Waals surface area (Å²) in [5.41, 5.74) is 1.87. The van der Waals surface area contributed by atoms with Crippen molar-refractivity contribution in [3.05, 3.63) is 44.3 Å². The van der Waals surface area contributed by atoms with Crippen molar-refractivity contribution in [1.82, 2.24) is 4.98 Å². The molecule has 2 aromatic rings. The molecule has 1 aromatic carbocycles. The Bertz CT molecular complexity index is 615. The second kappa shape index (κ2) is 5.11. The Labute approximate surface area is 114 Å². The predicted molar refractivity (Wildman–Crippen MR) is 68.9 cm³/mol. The topological polar surface area (TPSA) is 42.0 Å². The molecule has 0 aliphatic heterocycles. The van der Waals surface area contributed by atoms with Crippen molar-refractivity contribution in [2.75, 3.05) is 5.32 Å². The van der Waals surface area contributed by atoms with Crippen molar-refractivity contribution in [3.8, 4) is 0 Å². The van der Waals surface area contributed by atoms with E-state index in [1.165, 1.54) is 5.51 Å². The van der Waals surface area contributed by atoms with Crippen LogP contribution in [0.1, 0.15) is 15.4 Å². The molecule has 0 spiro atoms. The number of aromatic nitrogens is 1. The smallest absolute Gasteiger partial charge is 0.267 e. The summed E-state index contributed by atoms with van der Waals surface area (Å²) in [4.78, 5) is 16.1. The van der Waals surface area contributed by atoms with Crippen LogP contribution in [0.5, 0.6) is 0 Å². The lowest BCUT2D eigenvalue weighted by Crippen LogP contribution is -2.13. The predicted octanol–water partition coefficient (Wildman–Crippen LogP) is 3.74. The van der Waals surface area contributed by atoms with E-state index in [1.807, 2.05) is 0 Å². The summed E-state index contributed by atoms with van der Waals surface area (Å²) in [5.74, 6) is -1.86. The summed E-state index contributed by atoms with van der Waals surface area (Å²) < 4.78 is 26.8. The Morgan fingerprint density at radius 2 is 2.11 bits per heavy atom. The van der Waals surface area contributed by atoms with Gasteiger partial charge in [-0.05, 0) is 28.9 Å². The maximum atomic E-state index is 13.5. The number of rotatable bonds is 2. The van der Waals surface area contributed by atoms with Crippen molar-refractivity contribution < 1.29 is 13.6 Å². The fourth-order valence-corrected chi connectivity index (χ4v) is 2.33. The van der Waals surface area contributed by atoms with E-state index in [4.69, 9.17) is 0 Å². The number of amides is 1. The number of thiazole rings is 1. The SMILES string of the molecule is Cc1ncsc1C(=O)Nc1cc(F)c(Br)cc1F. The fraction of sp³-hybridized carbons (Fsp3) is 0.0909. The van der Waals surface area contributed by atoms with Crippen LogP contribution in [-0.4, -0.2) is 10.9 Å². The van der Waals surface area contributed by atoms with Crippen LogP contribution >= 0.6 is 27.3 Å². The van der Waals surface area contributed by atoms with Gasteiger partial charge in [-0.15, -0.1) is 11.3 Å². The zero-order chi connectivity index (χ0) is 13.3. The van der Waals surface area contributed by atoms with E-state index >= 15 is 0 Å². The van der Waals surface area contributed by atoms with Gasteiger partial charge in [-0.25, -0.2) is 13.8 Å². The second-order valence-corrected chi connectivity index (χ2v) is 5.18. The molecule has 0 atom stereocenters. The van der Waals surface area contributed by atoms with E-state index in [9.17, 15) is 13.6 Å². The first kappa shape index (κ1) is 13.1. The van der Waals surface area contributed by atoms with Gasteiger partial charge in [0, 0.05) is 6.07 Å². The van der Waals surface area contributed by atoms with Gasteiger partial charge in [0.25, 0.3) is 5.91 Å². The normalized spacial score (nSPS) is 10.4. The largest absolute Gasteiger partial charge is 0.319 e. The summed E-state index contributed by atoms with van der Waals surface area (Å²) in [6.45, 7) is 1.67. The fourth-order valence-electron chi connectivity index (χ4n) is 1.32. The van der Waals surface area contributed by atoms with Crippen molar-refractivity contribution in [1.29, 1.82) is 0 Å². The Hall–Kier alpha value is -1.34.